The number of piperidine rings is 1. The number of carbonyl (C=O) groups is 1. The number of carboxylic acid groups (broad SMARTS) is 1. The maximum atomic E-state index is 10.4. The standard InChI is InChI=1S/C13H26N2O2/c1-14(8-3-4-13(16)17)9-5-12-6-10-15(2)11-7-12/h12H,3-11H2,1-2H3,(H,16,17). The summed E-state index contributed by atoms with van der Waals surface area (Å²) in [5, 5.41) is 8.56. The normalized spacial score (nSPS) is 18.8. The minimum absolute atomic E-state index is 0.290. The molecule has 0 unspecified atom stereocenters. The second-order valence-electron chi connectivity index (χ2n) is 5.34. The van der Waals surface area contributed by atoms with E-state index in [1.165, 1.54) is 32.4 Å². The zero-order chi connectivity index (χ0) is 12.7. The van der Waals surface area contributed by atoms with Crippen molar-refractivity contribution in [1.29, 1.82) is 0 Å². The first-order valence-corrected chi connectivity index (χ1v) is 6.67. The maximum absolute atomic E-state index is 10.4. The number of aliphatic carboxylic acids is 1. The number of hydrogen-bond donors (Lipinski definition) is 1. The summed E-state index contributed by atoms with van der Waals surface area (Å²) in [4.78, 5) is 15.1. The maximum Gasteiger partial charge on any atom is 0.303 e. The van der Waals surface area contributed by atoms with Gasteiger partial charge in [0, 0.05) is 6.42 Å². The Bertz CT molecular complexity index is 225. The molecule has 4 nitrogen and oxygen atoms in total. The fraction of sp³-hybridized carbons (Fsp3) is 0.923. The Morgan fingerprint density at radius 1 is 1.35 bits per heavy atom. The van der Waals surface area contributed by atoms with Gasteiger partial charge < -0.3 is 14.9 Å². The second-order valence-corrected chi connectivity index (χ2v) is 5.34. The molecule has 1 N–H and O–H groups in total. The van der Waals surface area contributed by atoms with Crippen molar-refractivity contribution in [2.24, 2.45) is 5.92 Å². The van der Waals surface area contributed by atoms with Gasteiger partial charge in [-0.25, -0.2) is 0 Å². The Morgan fingerprint density at radius 2 is 2.00 bits per heavy atom. The third-order valence-corrected chi connectivity index (χ3v) is 3.69. The van der Waals surface area contributed by atoms with E-state index in [2.05, 4.69) is 23.9 Å². The number of carboxylic acids is 1. The SMILES string of the molecule is CN(CCCC(=O)O)CCC1CCN(C)CC1. The first-order valence-electron chi connectivity index (χ1n) is 6.67. The Kier molecular flexibility index (Phi) is 6.52. The fourth-order valence-electron chi connectivity index (χ4n) is 2.37. The van der Waals surface area contributed by atoms with Crippen LogP contribution in [-0.2, 0) is 4.79 Å². The zero-order valence-electron chi connectivity index (χ0n) is 11.2. The average molecular weight is 242 g/mol. The van der Waals surface area contributed by atoms with E-state index in [0.717, 1.165) is 25.4 Å². The van der Waals surface area contributed by atoms with E-state index in [4.69, 9.17) is 5.11 Å². The third kappa shape index (κ3) is 6.64. The van der Waals surface area contributed by atoms with Crippen molar-refractivity contribution in [2.75, 3.05) is 40.3 Å². The van der Waals surface area contributed by atoms with Gasteiger partial charge in [-0.15, -0.1) is 0 Å². The molecular formula is C13H26N2O2. The molecule has 0 aromatic rings. The molecule has 0 radical (unpaired) electrons. The van der Waals surface area contributed by atoms with E-state index in [1.54, 1.807) is 0 Å². The highest BCUT2D eigenvalue weighted by Gasteiger charge is 2.16. The van der Waals surface area contributed by atoms with Crippen LogP contribution in [0.5, 0.6) is 0 Å². The van der Waals surface area contributed by atoms with Crippen LogP contribution in [-0.4, -0.2) is 61.2 Å². The molecule has 1 aliphatic rings. The van der Waals surface area contributed by atoms with E-state index in [-0.39, 0.29) is 0 Å². The molecule has 0 aromatic heterocycles. The Morgan fingerprint density at radius 3 is 2.59 bits per heavy atom. The van der Waals surface area contributed by atoms with Crippen LogP contribution in [0.25, 0.3) is 0 Å². The van der Waals surface area contributed by atoms with Gasteiger partial charge in [-0.05, 0) is 71.9 Å². The van der Waals surface area contributed by atoms with Crippen LogP contribution in [0.2, 0.25) is 0 Å². The van der Waals surface area contributed by atoms with Crippen molar-refractivity contribution >= 4 is 5.97 Å². The number of nitrogens with zero attached hydrogens (tertiary/aromatic N) is 2. The molecule has 0 aromatic carbocycles. The van der Waals surface area contributed by atoms with Crippen LogP contribution < -0.4 is 0 Å². The molecule has 1 saturated heterocycles. The van der Waals surface area contributed by atoms with E-state index in [0.29, 0.717) is 6.42 Å². The lowest BCUT2D eigenvalue weighted by molar-refractivity contribution is -0.137. The van der Waals surface area contributed by atoms with Crippen LogP contribution in [0.15, 0.2) is 0 Å². The highest BCUT2D eigenvalue weighted by atomic mass is 16.4. The molecule has 1 rings (SSSR count). The molecule has 4 heteroatoms. The molecule has 100 valence electrons. The second kappa shape index (κ2) is 7.67. The minimum Gasteiger partial charge on any atom is -0.481 e. The Hall–Kier alpha value is -0.610. The lowest BCUT2D eigenvalue weighted by atomic mass is 9.94. The van der Waals surface area contributed by atoms with Crippen LogP contribution in [0.3, 0.4) is 0 Å². The smallest absolute Gasteiger partial charge is 0.303 e. The van der Waals surface area contributed by atoms with E-state index >= 15 is 0 Å². The van der Waals surface area contributed by atoms with E-state index in [9.17, 15) is 4.79 Å². The molecular weight excluding hydrogens is 216 g/mol. The van der Waals surface area contributed by atoms with Crippen molar-refractivity contribution in [2.45, 2.75) is 32.1 Å². The molecule has 0 bridgehead atoms. The van der Waals surface area contributed by atoms with E-state index in [1.807, 2.05) is 0 Å². The molecule has 0 spiro atoms. The van der Waals surface area contributed by atoms with Gasteiger partial charge in [0.1, 0.15) is 0 Å². The zero-order valence-corrected chi connectivity index (χ0v) is 11.2. The number of likely N-dealkylation sites (tertiary alicyclic amines) is 1. The topological polar surface area (TPSA) is 43.8 Å². The lowest BCUT2D eigenvalue weighted by Crippen LogP contribution is -2.32. The summed E-state index contributed by atoms with van der Waals surface area (Å²) in [6, 6.07) is 0. The van der Waals surface area contributed by atoms with Crippen molar-refractivity contribution in [3.05, 3.63) is 0 Å². The van der Waals surface area contributed by atoms with Gasteiger partial charge in [-0.1, -0.05) is 0 Å². The molecule has 0 saturated carbocycles. The summed E-state index contributed by atoms with van der Waals surface area (Å²) in [5.41, 5.74) is 0. The van der Waals surface area contributed by atoms with Gasteiger partial charge in [0.2, 0.25) is 0 Å². The molecule has 1 heterocycles. The van der Waals surface area contributed by atoms with Gasteiger partial charge in [0.25, 0.3) is 0 Å². The molecule has 1 aliphatic heterocycles. The summed E-state index contributed by atoms with van der Waals surface area (Å²) < 4.78 is 0. The summed E-state index contributed by atoms with van der Waals surface area (Å²) in [7, 11) is 4.28. The molecule has 17 heavy (non-hydrogen) atoms. The van der Waals surface area contributed by atoms with Crippen molar-refractivity contribution in [3.8, 4) is 0 Å². The first-order chi connectivity index (χ1) is 8.08. The molecule has 0 atom stereocenters. The van der Waals surface area contributed by atoms with Gasteiger partial charge in [0.15, 0.2) is 0 Å². The molecule has 0 aliphatic carbocycles. The van der Waals surface area contributed by atoms with Gasteiger partial charge in [-0.2, -0.15) is 0 Å². The Balaban J connectivity index is 2.03. The summed E-state index contributed by atoms with van der Waals surface area (Å²) in [6.07, 6.45) is 4.95. The van der Waals surface area contributed by atoms with Crippen LogP contribution in [0.1, 0.15) is 32.1 Å². The molecule has 1 fully saturated rings. The van der Waals surface area contributed by atoms with E-state index < -0.39 is 5.97 Å². The largest absolute Gasteiger partial charge is 0.481 e. The fourth-order valence-corrected chi connectivity index (χ4v) is 2.37. The quantitative estimate of drug-likeness (QED) is 0.735. The highest BCUT2D eigenvalue weighted by molar-refractivity contribution is 5.66. The predicted octanol–water partition coefficient (Wildman–Crippen LogP) is 1.51. The molecule has 0 amide bonds. The monoisotopic (exact) mass is 242 g/mol. The third-order valence-electron chi connectivity index (χ3n) is 3.69. The average Bonchev–Trinajstić information content (AvgIpc) is 2.28. The minimum atomic E-state index is -0.686. The number of hydrogen-bond acceptors (Lipinski definition) is 3. The van der Waals surface area contributed by atoms with Crippen molar-refractivity contribution in [1.82, 2.24) is 9.80 Å². The summed E-state index contributed by atoms with van der Waals surface area (Å²) in [6.45, 7) is 4.47. The summed E-state index contributed by atoms with van der Waals surface area (Å²) >= 11 is 0. The summed E-state index contributed by atoms with van der Waals surface area (Å²) in [5.74, 6) is 0.182. The van der Waals surface area contributed by atoms with Gasteiger partial charge >= 0.3 is 5.97 Å². The Labute approximate surface area is 105 Å². The van der Waals surface area contributed by atoms with Crippen LogP contribution in [0.4, 0.5) is 0 Å². The predicted molar refractivity (Wildman–Crippen MR) is 69.2 cm³/mol. The highest BCUT2D eigenvalue weighted by Crippen LogP contribution is 2.19. The van der Waals surface area contributed by atoms with Crippen molar-refractivity contribution in [3.63, 3.8) is 0 Å². The van der Waals surface area contributed by atoms with Gasteiger partial charge in [0.05, 0.1) is 0 Å². The van der Waals surface area contributed by atoms with Gasteiger partial charge in [-0.3, -0.25) is 4.79 Å². The van der Waals surface area contributed by atoms with Crippen LogP contribution >= 0.6 is 0 Å². The van der Waals surface area contributed by atoms with Crippen LogP contribution in [0, 0.1) is 5.92 Å². The first kappa shape index (κ1) is 14.5. The lowest BCUT2D eigenvalue weighted by Gasteiger charge is -2.30. The van der Waals surface area contributed by atoms with Crippen molar-refractivity contribution < 1.29 is 9.90 Å². The number of rotatable bonds is 7.